The second-order valence-electron chi connectivity index (χ2n) is 2.89. The molecule has 0 aliphatic carbocycles. The molecule has 1 heterocycles. The Balaban J connectivity index is 2.83. The second-order valence-corrected chi connectivity index (χ2v) is 2.89. The summed E-state index contributed by atoms with van der Waals surface area (Å²) in [6.45, 7) is 0.376. The van der Waals surface area contributed by atoms with Crippen LogP contribution in [0.4, 0.5) is 0 Å². The zero-order chi connectivity index (χ0) is 9.97. The number of rotatable bonds is 1. The van der Waals surface area contributed by atoms with Crippen molar-refractivity contribution in [3.05, 3.63) is 40.7 Å². The summed E-state index contributed by atoms with van der Waals surface area (Å²) in [7, 11) is 0. The first-order valence-corrected chi connectivity index (χ1v) is 4.21. The lowest BCUT2D eigenvalue weighted by Crippen LogP contribution is -2.11. The van der Waals surface area contributed by atoms with E-state index in [1.54, 1.807) is 10.7 Å². The standard InChI is InChI=1S/C11H8N2O/c1-2-7-13-10-6-4-3-5-9(10)11(14)8-12-13/h1,3-6,8H,7H2. The van der Waals surface area contributed by atoms with Crippen LogP contribution in [0.2, 0.25) is 0 Å². The SMILES string of the molecule is C#CCn1ncc(=O)c2ccccc21. The molecule has 0 atom stereocenters. The van der Waals surface area contributed by atoms with Crippen molar-refractivity contribution in [2.75, 3.05) is 0 Å². The zero-order valence-corrected chi connectivity index (χ0v) is 7.47. The third-order valence-corrected chi connectivity index (χ3v) is 2.00. The van der Waals surface area contributed by atoms with Gasteiger partial charge in [-0.1, -0.05) is 18.1 Å². The highest BCUT2D eigenvalue weighted by molar-refractivity contribution is 5.77. The maximum atomic E-state index is 11.4. The van der Waals surface area contributed by atoms with E-state index in [-0.39, 0.29) is 5.43 Å². The summed E-state index contributed by atoms with van der Waals surface area (Å²) in [6.07, 6.45) is 6.49. The van der Waals surface area contributed by atoms with Gasteiger partial charge in [-0.05, 0) is 12.1 Å². The Labute approximate surface area is 81.0 Å². The minimum absolute atomic E-state index is 0.0751. The number of hydrogen-bond donors (Lipinski definition) is 0. The van der Waals surface area contributed by atoms with Crippen molar-refractivity contribution < 1.29 is 0 Å². The normalized spacial score (nSPS) is 9.93. The fraction of sp³-hybridized carbons (Fsp3) is 0.0909. The van der Waals surface area contributed by atoms with E-state index in [4.69, 9.17) is 6.42 Å². The highest BCUT2D eigenvalue weighted by Crippen LogP contribution is 2.06. The molecule has 1 aromatic heterocycles. The first-order chi connectivity index (χ1) is 6.83. The number of aromatic nitrogens is 2. The van der Waals surface area contributed by atoms with Crippen LogP contribution in [0, 0.1) is 12.3 Å². The maximum Gasteiger partial charge on any atom is 0.207 e. The number of para-hydroxylation sites is 1. The number of nitrogens with zero attached hydrogens (tertiary/aromatic N) is 2. The van der Waals surface area contributed by atoms with Crippen LogP contribution >= 0.6 is 0 Å². The van der Waals surface area contributed by atoms with Crippen LogP contribution in [0.15, 0.2) is 35.3 Å². The van der Waals surface area contributed by atoms with Gasteiger partial charge in [0.15, 0.2) is 0 Å². The van der Waals surface area contributed by atoms with Gasteiger partial charge in [-0.15, -0.1) is 6.42 Å². The lowest BCUT2D eigenvalue weighted by Gasteiger charge is -2.04. The van der Waals surface area contributed by atoms with Crippen molar-refractivity contribution in [3.63, 3.8) is 0 Å². The highest BCUT2D eigenvalue weighted by Gasteiger charge is 2.00. The number of hydrogen-bond acceptors (Lipinski definition) is 2. The molecule has 3 heteroatoms. The van der Waals surface area contributed by atoms with E-state index in [2.05, 4.69) is 11.0 Å². The summed E-state index contributed by atoms with van der Waals surface area (Å²) in [5.41, 5.74) is 0.701. The molecule has 2 rings (SSSR count). The Hall–Kier alpha value is -2.08. The number of terminal acetylenes is 1. The molecule has 1 aromatic carbocycles. The molecule has 0 aliphatic heterocycles. The van der Waals surface area contributed by atoms with Crippen LogP contribution in [0.3, 0.4) is 0 Å². The molecular weight excluding hydrogens is 176 g/mol. The molecule has 0 fully saturated rings. The summed E-state index contributed by atoms with van der Waals surface area (Å²) < 4.78 is 1.64. The molecular formula is C11H8N2O. The molecule has 0 unspecified atom stereocenters. The molecule has 0 aliphatic rings. The minimum Gasteiger partial charge on any atom is -0.287 e. The van der Waals surface area contributed by atoms with E-state index in [0.29, 0.717) is 11.9 Å². The van der Waals surface area contributed by atoms with Gasteiger partial charge in [0.05, 0.1) is 11.7 Å². The van der Waals surface area contributed by atoms with Gasteiger partial charge in [0, 0.05) is 5.39 Å². The van der Waals surface area contributed by atoms with Crippen LogP contribution in [-0.2, 0) is 6.54 Å². The molecule has 2 aromatic rings. The topological polar surface area (TPSA) is 34.9 Å². The largest absolute Gasteiger partial charge is 0.287 e. The molecule has 0 spiro atoms. The molecule has 0 N–H and O–H groups in total. The van der Waals surface area contributed by atoms with E-state index in [1.807, 2.05) is 18.2 Å². The van der Waals surface area contributed by atoms with Gasteiger partial charge >= 0.3 is 0 Å². The molecule has 0 amide bonds. The van der Waals surface area contributed by atoms with Crippen molar-refractivity contribution in [2.45, 2.75) is 6.54 Å². The zero-order valence-electron chi connectivity index (χ0n) is 7.47. The van der Waals surface area contributed by atoms with Crippen molar-refractivity contribution in [1.82, 2.24) is 9.78 Å². The fourth-order valence-corrected chi connectivity index (χ4v) is 1.37. The van der Waals surface area contributed by atoms with Crippen molar-refractivity contribution in [2.24, 2.45) is 0 Å². The Kier molecular flexibility index (Phi) is 2.04. The predicted octanol–water partition coefficient (Wildman–Crippen LogP) is 1.03. The summed E-state index contributed by atoms with van der Waals surface area (Å²) in [4.78, 5) is 11.4. The van der Waals surface area contributed by atoms with Gasteiger partial charge in [0.2, 0.25) is 5.43 Å². The van der Waals surface area contributed by atoms with E-state index >= 15 is 0 Å². The third kappa shape index (κ3) is 1.27. The second kappa shape index (κ2) is 3.35. The van der Waals surface area contributed by atoms with Crippen LogP contribution in [0.25, 0.3) is 10.9 Å². The fourth-order valence-electron chi connectivity index (χ4n) is 1.37. The Morgan fingerprint density at radius 3 is 3.00 bits per heavy atom. The third-order valence-electron chi connectivity index (χ3n) is 2.00. The van der Waals surface area contributed by atoms with Crippen LogP contribution in [-0.4, -0.2) is 9.78 Å². The average Bonchev–Trinajstić information content (AvgIpc) is 2.23. The lowest BCUT2D eigenvalue weighted by atomic mass is 10.2. The molecule has 0 bridgehead atoms. The summed E-state index contributed by atoms with van der Waals surface area (Å²) in [5, 5.41) is 4.61. The van der Waals surface area contributed by atoms with Crippen LogP contribution < -0.4 is 5.43 Å². The quantitative estimate of drug-likeness (QED) is 0.620. The van der Waals surface area contributed by atoms with Gasteiger partial charge in [-0.3, -0.25) is 9.48 Å². The van der Waals surface area contributed by atoms with Gasteiger partial charge < -0.3 is 0 Å². The first kappa shape index (κ1) is 8.52. The molecule has 0 radical (unpaired) electrons. The first-order valence-electron chi connectivity index (χ1n) is 4.21. The maximum absolute atomic E-state index is 11.4. The van der Waals surface area contributed by atoms with Crippen molar-refractivity contribution in [1.29, 1.82) is 0 Å². The Morgan fingerprint density at radius 2 is 2.21 bits per heavy atom. The molecule has 14 heavy (non-hydrogen) atoms. The number of benzene rings is 1. The van der Waals surface area contributed by atoms with Crippen LogP contribution in [0.5, 0.6) is 0 Å². The summed E-state index contributed by atoms with van der Waals surface area (Å²) >= 11 is 0. The minimum atomic E-state index is -0.0751. The van der Waals surface area contributed by atoms with Gasteiger partial charge in [-0.25, -0.2) is 0 Å². The van der Waals surface area contributed by atoms with Crippen LogP contribution in [0.1, 0.15) is 0 Å². The Bertz CT molecular complexity index is 563. The average molecular weight is 184 g/mol. The summed E-state index contributed by atoms with van der Waals surface area (Å²) in [6, 6.07) is 7.29. The number of fused-ring (bicyclic) bond motifs is 1. The summed E-state index contributed by atoms with van der Waals surface area (Å²) in [5.74, 6) is 2.49. The smallest absolute Gasteiger partial charge is 0.207 e. The van der Waals surface area contributed by atoms with E-state index in [1.165, 1.54) is 6.20 Å². The lowest BCUT2D eigenvalue weighted by molar-refractivity contribution is 0.723. The van der Waals surface area contributed by atoms with E-state index in [9.17, 15) is 4.79 Å². The Morgan fingerprint density at radius 1 is 1.43 bits per heavy atom. The van der Waals surface area contributed by atoms with E-state index in [0.717, 1.165) is 5.52 Å². The monoisotopic (exact) mass is 184 g/mol. The predicted molar refractivity (Wildman–Crippen MR) is 54.8 cm³/mol. The van der Waals surface area contributed by atoms with Gasteiger partial charge in [0.25, 0.3) is 0 Å². The highest BCUT2D eigenvalue weighted by atomic mass is 16.1. The molecule has 0 saturated carbocycles. The van der Waals surface area contributed by atoms with Gasteiger partial charge in [-0.2, -0.15) is 5.10 Å². The van der Waals surface area contributed by atoms with Crippen molar-refractivity contribution >= 4 is 10.9 Å². The molecule has 0 saturated heterocycles. The molecule has 3 nitrogen and oxygen atoms in total. The van der Waals surface area contributed by atoms with Gasteiger partial charge in [0.1, 0.15) is 6.54 Å². The van der Waals surface area contributed by atoms with E-state index < -0.39 is 0 Å². The van der Waals surface area contributed by atoms with Crippen molar-refractivity contribution in [3.8, 4) is 12.3 Å². The molecule has 68 valence electrons.